The van der Waals surface area contributed by atoms with Gasteiger partial charge in [0.05, 0.1) is 0 Å². The summed E-state index contributed by atoms with van der Waals surface area (Å²) in [6.07, 6.45) is 0. The van der Waals surface area contributed by atoms with Gasteiger partial charge in [0.25, 0.3) is 0 Å². The Morgan fingerprint density at radius 2 is 1.35 bits per heavy atom. The van der Waals surface area contributed by atoms with E-state index in [1.165, 1.54) is 12.1 Å². The highest BCUT2D eigenvalue weighted by Crippen LogP contribution is 2.08. The van der Waals surface area contributed by atoms with Crippen molar-refractivity contribution in [2.75, 3.05) is 0 Å². The van der Waals surface area contributed by atoms with Gasteiger partial charge in [-0.2, -0.15) is 0 Å². The predicted molar refractivity (Wildman–Crippen MR) is 63.3 cm³/mol. The SMILES string of the molecule is Fc1cc(F)cc(CNCc2ccccc2)c1. The topological polar surface area (TPSA) is 12.0 Å². The summed E-state index contributed by atoms with van der Waals surface area (Å²) in [5.74, 6) is -1.08. The first-order valence-electron chi connectivity index (χ1n) is 5.43. The molecule has 88 valence electrons. The molecule has 0 spiro atoms. The first kappa shape index (κ1) is 11.7. The minimum Gasteiger partial charge on any atom is -0.309 e. The van der Waals surface area contributed by atoms with E-state index in [1.54, 1.807) is 0 Å². The highest BCUT2D eigenvalue weighted by molar-refractivity contribution is 5.18. The van der Waals surface area contributed by atoms with E-state index in [0.29, 0.717) is 18.7 Å². The van der Waals surface area contributed by atoms with Crippen molar-refractivity contribution in [1.29, 1.82) is 0 Å². The van der Waals surface area contributed by atoms with Crippen LogP contribution in [0.3, 0.4) is 0 Å². The van der Waals surface area contributed by atoms with Gasteiger partial charge in [-0.25, -0.2) is 8.78 Å². The standard InChI is InChI=1S/C14H13F2N/c15-13-6-12(7-14(16)8-13)10-17-9-11-4-2-1-3-5-11/h1-8,17H,9-10H2. The van der Waals surface area contributed by atoms with E-state index < -0.39 is 11.6 Å². The zero-order valence-corrected chi connectivity index (χ0v) is 9.29. The smallest absolute Gasteiger partial charge is 0.126 e. The van der Waals surface area contributed by atoms with Crippen molar-refractivity contribution < 1.29 is 8.78 Å². The second kappa shape index (κ2) is 5.55. The molecule has 0 bridgehead atoms. The van der Waals surface area contributed by atoms with Gasteiger partial charge in [-0.3, -0.25) is 0 Å². The van der Waals surface area contributed by atoms with Crippen LogP contribution < -0.4 is 5.32 Å². The molecule has 0 radical (unpaired) electrons. The fourth-order valence-electron chi connectivity index (χ4n) is 1.66. The van der Waals surface area contributed by atoms with Crippen LogP contribution in [0.15, 0.2) is 48.5 Å². The fourth-order valence-corrected chi connectivity index (χ4v) is 1.66. The molecule has 1 N–H and O–H groups in total. The lowest BCUT2D eigenvalue weighted by atomic mass is 10.2. The Labute approximate surface area is 99.1 Å². The van der Waals surface area contributed by atoms with Gasteiger partial charge in [-0.1, -0.05) is 30.3 Å². The van der Waals surface area contributed by atoms with E-state index in [2.05, 4.69) is 5.32 Å². The maximum absolute atomic E-state index is 12.9. The number of halogens is 2. The van der Waals surface area contributed by atoms with E-state index in [1.807, 2.05) is 30.3 Å². The van der Waals surface area contributed by atoms with E-state index in [0.717, 1.165) is 11.6 Å². The second-order valence-electron chi connectivity index (χ2n) is 3.87. The molecular weight excluding hydrogens is 220 g/mol. The third-order valence-electron chi connectivity index (χ3n) is 2.42. The molecule has 0 heterocycles. The molecule has 0 aliphatic carbocycles. The van der Waals surface area contributed by atoms with Gasteiger partial charge >= 0.3 is 0 Å². The number of rotatable bonds is 4. The molecule has 0 aromatic heterocycles. The molecule has 0 saturated heterocycles. The summed E-state index contributed by atoms with van der Waals surface area (Å²) in [7, 11) is 0. The van der Waals surface area contributed by atoms with Crippen LogP contribution in [0.25, 0.3) is 0 Å². The van der Waals surface area contributed by atoms with Crippen LogP contribution in [0.5, 0.6) is 0 Å². The van der Waals surface area contributed by atoms with E-state index in [9.17, 15) is 8.78 Å². The molecule has 0 amide bonds. The predicted octanol–water partition coefficient (Wildman–Crippen LogP) is 3.25. The Kier molecular flexibility index (Phi) is 3.83. The van der Waals surface area contributed by atoms with Gasteiger partial charge in [0.15, 0.2) is 0 Å². The molecular formula is C14H13F2N. The zero-order chi connectivity index (χ0) is 12.1. The first-order valence-corrected chi connectivity index (χ1v) is 5.43. The Morgan fingerprint density at radius 1 is 0.765 bits per heavy atom. The summed E-state index contributed by atoms with van der Waals surface area (Å²) in [4.78, 5) is 0. The second-order valence-corrected chi connectivity index (χ2v) is 3.87. The van der Waals surface area contributed by atoms with Crippen LogP contribution in [0.2, 0.25) is 0 Å². The van der Waals surface area contributed by atoms with E-state index >= 15 is 0 Å². The molecule has 0 aliphatic rings. The number of nitrogens with one attached hydrogen (secondary N) is 1. The third kappa shape index (κ3) is 3.64. The van der Waals surface area contributed by atoms with Crippen molar-refractivity contribution in [3.8, 4) is 0 Å². The summed E-state index contributed by atoms with van der Waals surface area (Å²) >= 11 is 0. The van der Waals surface area contributed by atoms with E-state index in [-0.39, 0.29) is 0 Å². The molecule has 2 aromatic rings. The van der Waals surface area contributed by atoms with Gasteiger partial charge in [0.2, 0.25) is 0 Å². The molecule has 0 aliphatic heterocycles. The molecule has 2 aromatic carbocycles. The highest BCUT2D eigenvalue weighted by Gasteiger charge is 2.00. The van der Waals surface area contributed by atoms with Crippen LogP contribution in [-0.2, 0) is 13.1 Å². The fraction of sp³-hybridized carbons (Fsp3) is 0.143. The summed E-state index contributed by atoms with van der Waals surface area (Å²) < 4.78 is 25.8. The Bertz CT molecular complexity index is 463. The summed E-state index contributed by atoms with van der Waals surface area (Å²) in [5.41, 5.74) is 1.75. The maximum Gasteiger partial charge on any atom is 0.126 e. The average Bonchev–Trinajstić information content (AvgIpc) is 2.29. The normalized spacial score (nSPS) is 10.5. The summed E-state index contributed by atoms with van der Waals surface area (Å²) in [6, 6.07) is 13.4. The molecule has 3 heteroatoms. The van der Waals surface area contributed by atoms with Crippen molar-refractivity contribution in [3.63, 3.8) is 0 Å². The van der Waals surface area contributed by atoms with Crippen LogP contribution in [0, 0.1) is 11.6 Å². The van der Waals surface area contributed by atoms with E-state index in [4.69, 9.17) is 0 Å². The molecule has 17 heavy (non-hydrogen) atoms. The molecule has 0 fully saturated rings. The molecule has 0 saturated carbocycles. The van der Waals surface area contributed by atoms with Crippen LogP contribution in [0.1, 0.15) is 11.1 Å². The van der Waals surface area contributed by atoms with Crippen molar-refractivity contribution >= 4 is 0 Å². The molecule has 0 atom stereocenters. The van der Waals surface area contributed by atoms with Crippen LogP contribution in [-0.4, -0.2) is 0 Å². The van der Waals surface area contributed by atoms with Gasteiger partial charge < -0.3 is 5.32 Å². The van der Waals surface area contributed by atoms with Gasteiger partial charge in [-0.05, 0) is 23.3 Å². The minimum atomic E-state index is -0.540. The molecule has 1 nitrogen and oxygen atoms in total. The van der Waals surface area contributed by atoms with Gasteiger partial charge in [0.1, 0.15) is 11.6 Å². The monoisotopic (exact) mass is 233 g/mol. The van der Waals surface area contributed by atoms with Crippen molar-refractivity contribution in [2.45, 2.75) is 13.1 Å². The summed E-state index contributed by atoms with van der Waals surface area (Å²) in [5, 5.41) is 3.14. The number of benzene rings is 2. The lowest BCUT2D eigenvalue weighted by molar-refractivity contribution is 0.575. The number of hydrogen-bond donors (Lipinski definition) is 1. The maximum atomic E-state index is 12.9. The third-order valence-corrected chi connectivity index (χ3v) is 2.42. The highest BCUT2D eigenvalue weighted by atomic mass is 19.1. The lowest BCUT2D eigenvalue weighted by Gasteiger charge is -2.05. The average molecular weight is 233 g/mol. The quantitative estimate of drug-likeness (QED) is 0.854. The number of hydrogen-bond acceptors (Lipinski definition) is 1. The van der Waals surface area contributed by atoms with Crippen LogP contribution >= 0.6 is 0 Å². The van der Waals surface area contributed by atoms with Crippen molar-refractivity contribution in [3.05, 3.63) is 71.3 Å². The molecule has 0 unspecified atom stereocenters. The lowest BCUT2D eigenvalue weighted by Crippen LogP contribution is -2.12. The van der Waals surface area contributed by atoms with Gasteiger partial charge in [0, 0.05) is 19.2 Å². The Morgan fingerprint density at radius 3 is 2.00 bits per heavy atom. The Balaban J connectivity index is 1.90. The minimum absolute atomic E-state index is 0.448. The Hall–Kier alpha value is -1.74. The first-order chi connectivity index (χ1) is 8.24. The largest absolute Gasteiger partial charge is 0.309 e. The zero-order valence-electron chi connectivity index (χ0n) is 9.29. The molecule has 2 rings (SSSR count). The summed E-state index contributed by atoms with van der Waals surface area (Å²) in [6.45, 7) is 1.13. The van der Waals surface area contributed by atoms with Crippen molar-refractivity contribution in [2.24, 2.45) is 0 Å². The van der Waals surface area contributed by atoms with Crippen LogP contribution in [0.4, 0.5) is 8.78 Å². The van der Waals surface area contributed by atoms with Gasteiger partial charge in [-0.15, -0.1) is 0 Å². The van der Waals surface area contributed by atoms with Crippen molar-refractivity contribution in [1.82, 2.24) is 5.32 Å².